The molecular weight excluding hydrogens is 196 g/mol. The van der Waals surface area contributed by atoms with Crippen molar-refractivity contribution in [3.63, 3.8) is 0 Å². The van der Waals surface area contributed by atoms with Crippen LogP contribution in [0.1, 0.15) is 58.8 Å². The third-order valence-electron chi connectivity index (χ3n) is 4.55. The maximum absolute atomic E-state index is 3.82. The monoisotopic (exact) mass is 224 g/mol. The smallest absolute Gasteiger partial charge is 0.0309 e. The summed E-state index contributed by atoms with van der Waals surface area (Å²) in [5.41, 5.74) is 0.485. The van der Waals surface area contributed by atoms with Crippen molar-refractivity contribution < 1.29 is 0 Å². The van der Waals surface area contributed by atoms with E-state index in [0.29, 0.717) is 5.54 Å². The van der Waals surface area contributed by atoms with Crippen LogP contribution in [0.2, 0.25) is 0 Å². The summed E-state index contributed by atoms with van der Waals surface area (Å²) in [4.78, 5) is 2.73. The lowest BCUT2D eigenvalue weighted by molar-refractivity contribution is 0.0702. The van der Waals surface area contributed by atoms with Crippen molar-refractivity contribution in [1.29, 1.82) is 0 Å². The van der Waals surface area contributed by atoms with Crippen LogP contribution >= 0.6 is 0 Å². The fourth-order valence-electron chi connectivity index (χ4n) is 3.53. The number of nitrogens with one attached hydrogen (secondary N) is 1. The molecule has 0 aromatic heterocycles. The summed E-state index contributed by atoms with van der Waals surface area (Å²) in [6, 6.07) is 0.783. The second-order valence-corrected chi connectivity index (χ2v) is 5.88. The van der Waals surface area contributed by atoms with E-state index >= 15 is 0 Å². The van der Waals surface area contributed by atoms with Crippen LogP contribution in [-0.4, -0.2) is 36.1 Å². The molecule has 2 fully saturated rings. The molecule has 16 heavy (non-hydrogen) atoms. The van der Waals surface area contributed by atoms with Crippen molar-refractivity contribution in [2.45, 2.75) is 70.4 Å². The van der Waals surface area contributed by atoms with Gasteiger partial charge in [-0.1, -0.05) is 32.6 Å². The first-order chi connectivity index (χ1) is 7.76. The third-order valence-corrected chi connectivity index (χ3v) is 4.55. The van der Waals surface area contributed by atoms with Crippen LogP contribution < -0.4 is 5.32 Å². The van der Waals surface area contributed by atoms with E-state index in [0.717, 1.165) is 6.04 Å². The maximum atomic E-state index is 3.82. The van der Waals surface area contributed by atoms with Gasteiger partial charge in [0.15, 0.2) is 0 Å². The van der Waals surface area contributed by atoms with Gasteiger partial charge in [-0.05, 0) is 26.2 Å². The largest absolute Gasteiger partial charge is 0.309 e. The van der Waals surface area contributed by atoms with Gasteiger partial charge >= 0.3 is 0 Å². The summed E-state index contributed by atoms with van der Waals surface area (Å²) in [6.07, 6.45) is 9.80. The normalized spacial score (nSPS) is 28.1. The quantitative estimate of drug-likeness (QED) is 0.793. The molecule has 1 aliphatic heterocycles. The first kappa shape index (κ1) is 12.4. The average Bonchev–Trinajstić information content (AvgIpc) is 2.30. The molecule has 2 heteroatoms. The fourth-order valence-corrected chi connectivity index (χ4v) is 3.53. The van der Waals surface area contributed by atoms with Crippen LogP contribution in [0.25, 0.3) is 0 Å². The first-order valence-corrected chi connectivity index (χ1v) is 7.25. The van der Waals surface area contributed by atoms with Gasteiger partial charge in [0.05, 0.1) is 0 Å². The van der Waals surface area contributed by atoms with E-state index in [4.69, 9.17) is 0 Å². The van der Waals surface area contributed by atoms with E-state index in [-0.39, 0.29) is 0 Å². The van der Waals surface area contributed by atoms with Gasteiger partial charge in [0.25, 0.3) is 0 Å². The van der Waals surface area contributed by atoms with Crippen LogP contribution in [0.4, 0.5) is 0 Å². The molecule has 1 saturated heterocycles. The Morgan fingerprint density at radius 1 is 1.25 bits per heavy atom. The van der Waals surface area contributed by atoms with Gasteiger partial charge in [-0.3, -0.25) is 4.90 Å². The predicted molar refractivity (Wildman–Crippen MR) is 69.8 cm³/mol. The lowest BCUT2D eigenvalue weighted by Crippen LogP contribution is -2.62. The molecule has 0 aromatic rings. The summed E-state index contributed by atoms with van der Waals surface area (Å²) in [6.45, 7) is 8.46. The highest BCUT2D eigenvalue weighted by Gasteiger charge is 2.36. The minimum Gasteiger partial charge on any atom is -0.309 e. The number of hydrogen-bond acceptors (Lipinski definition) is 2. The van der Waals surface area contributed by atoms with E-state index in [1.165, 1.54) is 64.6 Å². The molecule has 2 rings (SSSR count). The van der Waals surface area contributed by atoms with Gasteiger partial charge in [0.2, 0.25) is 0 Å². The van der Waals surface area contributed by atoms with E-state index in [1.807, 2.05) is 0 Å². The van der Waals surface area contributed by atoms with Crippen molar-refractivity contribution in [2.75, 3.05) is 19.6 Å². The lowest BCUT2D eigenvalue weighted by atomic mass is 9.80. The SMILES string of the molecule is CCCC(C)N1CCNC2(CCCCC2)C1. The highest BCUT2D eigenvalue weighted by atomic mass is 15.2. The summed E-state index contributed by atoms with van der Waals surface area (Å²) >= 11 is 0. The highest BCUT2D eigenvalue weighted by molar-refractivity contribution is 4.97. The Hall–Kier alpha value is -0.0800. The van der Waals surface area contributed by atoms with Crippen LogP contribution in [0.15, 0.2) is 0 Å². The van der Waals surface area contributed by atoms with E-state index in [9.17, 15) is 0 Å². The molecule has 0 bridgehead atoms. The second-order valence-electron chi connectivity index (χ2n) is 5.88. The Balaban J connectivity index is 1.92. The first-order valence-electron chi connectivity index (χ1n) is 7.25. The molecular formula is C14H28N2. The Bertz CT molecular complexity index is 203. The molecule has 2 aliphatic rings. The number of nitrogens with zero attached hydrogens (tertiary/aromatic N) is 1. The molecule has 1 unspecified atom stereocenters. The minimum atomic E-state index is 0.485. The van der Waals surface area contributed by atoms with Gasteiger partial charge in [-0.15, -0.1) is 0 Å². The number of piperazine rings is 1. The second kappa shape index (κ2) is 5.50. The van der Waals surface area contributed by atoms with Crippen molar-refractivity contribution in [2.24, 2.45) is 0 Å². The average molecular weight is 224 g/mol. The van der Waals surface area contributed by atoms with Gasteiger partial charge in [-0.2, -0.15) is 0 Å². The fraction of sp³-hybridized carbons (Fsp3) is 1.00. The Morgan fingerprint density at radius 3 is 2.69 bits per heavy atom. The van der Waals surface area contributed by atoms with Gasteiger partial charge in [0, 0.05) is 31.2 Å². The number of rotatable bonds is 3. The van der Waals surface area contributed by atoms with Crippen LogP contribution in [0, 0.1) is 0 Å². The topological polar surface area (TPSA) is 15.3 Å². The zero-order valence-electron chi connectivity index (χ0n) is 11.1. The van der Waals surface area contributed by atoms with Gasteiger partial charge in [0.1, 0.15) is 0 Å². The molecule has 1 spiro atoms. The Labute approximate surface area is 101 Å². The van der Waals surface area contributed by atoms with E-state index in [1.54, 1.807) is 0 Å². The summed E-state index contributed by atoms with van der Waals surface area (Å²) in [5, 5.41) is 3.82. The van der Waals surface area contributed by atoms with E-state index < -0.39 is 0 Å². The molecule has 1 N–H and O–H groups in total. The van der Waals surface area contributed by atoms with Crippen LogP contribution in [-0.2, 0) is 0 Å². The standard InChI is InChI=1S/C14H28N2/c1-3-7-13(2)16-11-10-15-14(12-16)8-5-4-6-9-14/h13,15H,3-12H2,1-2H3. The Morgan fingerprint density at radius 2 is 2.00 bits per heavy atom. The van der Waals surface area contributed by atoms with Crippen LogP contribution in [0.3, 0.4) is 0 Å². The van der Waals surface area contributed by atoms with Gasteiger partial charge < -0.3 is 5.32 Å². The molecule has 1 heterocycles. The molecule has 2 nitrogen and oxygen atoms in total. The molecule has 0 aromatic carbocycles. The molecule has 1 saturated carbocycles. The van der Waals surface area contributed by atoms with Crippen molar-refractivity contribution in [3.05, 3.63) is 0 Å². The zero-order valence-corrected chi connectivity index (χ0v) is 11.1. The third kappa shape index (κ3) is 2.78. The molecule has 94 valence electrons. The highest BCUT2D eigenvalue weighted by Crippen LogP contribution is 2.31. The van der Waals surface area contributed by atoms with E-state index in [2.05, 4.69) is 24.1 Å². The summed E-state index contributed by atoms with van der Waals surface area (Å²) in [7, 11) is 0. The maximum Gasteiger partial charge on any atom is 0.0309 e. The zero-order chi connectivity index (χ0) is 11.4. The van der Waals surface area contributed by atoms with Crippen molar-refractivity contribution in [3.8, 4) is 0 Å². The van der Waals surface area contributed by atoms with Crippen molar-refractivity contribution in [1.82, 2.24) is 10.2 Å². The van der Waals surface area contributed by atoms with Crippen molar-refractivity contribution >= 4 is 0 Å². The molecule has 0 amide bonds. The Kier molecular flexibility index (Phi) is 4.26. The number of hydrogen-bond donors (Lipinski definition) is 1. The lowest BCUT2D eigenvalue weighted by Gasteiger charge is -2.48. The molecule has 1 atom stereocenters. The predicted octanol–water partition coefficient (Wildman–Crippen LogP) is 2.78. The summed E-state index contributed by atoms with van der Waals surface area (Å²) < 4.78 is 0. The molecule has 1 aliphatic carbocycles. The molecule has 0 radical (unpaired) electrons. The minimum absolute atomic E-state index is 0.485. The van der Waals surface area contributed by atoms with Gasteiger partial charge in [-0.25, -0.2) is 0 Å². The van der Waals surface area contributed by atoms with Crippen LogP contribution in [0.5, 0.6) is 0 Å². The summed E-state index contributed by atoms with van der Waals surface area (Å²) in [5.74, 6) is 0.